The Morgan fingerprint density at radius 1 is 1.19 bits per heavy atom. The van der Waals surface area contributed by atoms with Crippen molar-refractivity contribution in [1.82, 2.24) is 9.97 Å². The fourth-order valence-electron chi connectivity index (χ4n) is 2.61. The van der Waals surface area contributed by atoms with Crippen LogP contribution < -0.4 is 5.43 Å². The third-order valence-corrected chi connectivity index (χ3v) is 3.99. The Balaban J connectivity index is 1.55. The van der Waals surface area contributed by atoms with Gasteiger partial charge in [0, 0.05) is 17.3 Å². The number of rotatable bonds is 4. The number of fused-ring (bicyclic) bond motifs is 1. The van der Waals surface area contributed by atoms with Crippen LogP contribution in [0.15, 0.2) is 64.2 Å². The summed E-state index contributed by atoms with van der Waals surface area (Å²) in [5, 5.41) is 14.5. The molecule has 2 heterocycles. The largest absolute Gasteiger partial charge is 0.417 e. The topological polar surface area (TPSA) is 90.0 Å². The number of nitrogens with zero attached hydrogens (tertiary/aromatic N) is 3. The Hall–Kier alpha value is -3.85. The van der Waals surface area contributed by atoms with Crippen LogP contribution in [0.3, 0.4) is 0 Å². The lowest BCUT2D eigenvalue weighted by molar-refractivity contribution is 0.587. The smallest absolute Gasteiger partial charge is 0.252 e. The van der Waals surface area contributed by atoms with Gasteiger partial charge in [0.05, 0.1) is 6.21 Å². The molecule has 26 heavy (non-hydrogen) atoms. The highest BCUT2D eigenvalue weighted by Gasteiger charge is 2.13. The quantitative estimate of drug-likeness (QED) is 0.424. The molecule has 0 aliphatic heterocycles. The van der Waals surface area contributed by atoms with Gasteiger partial charge >= 0.3 is 0 Å². The van der Waals surface area contributed by atoms with Gasteiger partial charge < -0.3 is 9.40 Å². The van der Waals surface area contributed by atoms with E-state index in [2.05, 4.69) is 20.5 Å². The molecule has 2 aromatic carbocycles. The van der Waals surface area contributed by atoms with Crippen molar-refractivity contribution in [1.29, 1.82) is 5.26 Å². The van der Waals surface area contributed by atoms with Gasteiger partial charge in [0.1, 0.15) is 6.07 Å². The van der Waals surface area contributed by atoms with Crippen molar-refractivity contribution in [3.8, 4) is 17.5 Å². The number of nitriles is 1. The highest BCUT2D eigenvalue weighted by molar-refractivity contribution is 5.89. The van der Waals surface area contributed by atoms with Crippen molar-refractivity contribution >= 4 is 23.0 Å². The zero-order valence-corrected chi connectivity index (χ0v) is 14.0. The second-order valence-electron chi connectivity index (χ2n) is 5.87. The number of H-pyrrole nitrogens is 1. The number of nitrogens with one attached hydrogen (secondary N) is 2. The number of aryl methyl sites for hydroxylation is 1. The van der Waals surface area contributed by atoms with Gasteiger partial charge in [-0.3, -0.25) is 0 Å². The molecule has 0 amide bonds. The van der Waals surface area contributed by atoms with Crippen LogP contribution in [0.5, 0.6) is 0 Å². The van der Waals surface area contributed by atoms with Crippen LogP contribution in [0.4, 0.5) is 5.88 Å². The van der Waals surface area contributed by atoms with Gasteiger partial charge in [0.25, 0.3) is 5.88 Å². The summed E-state index contributed by atoms with van der Waals surface area (Å²) >= 11 is 0. The first-order valence-electron chi connectivity index (χ1n) is 8.07. The molecule has 2 aromatic heterocycles. The van der Waals surface area contributed by atoms with Crippen molar-refractivity contribution in [2.24, 2.45) is 5.10 Å². The van der Waals surface area contributed by atoms with Gasteiger partial charge in [0.15, 0.2) is 0 Å². The van der Waals surface area contributed by atoms with Crippen LogP contribution in [0.1, 0.15) is 16.8 Å². The molecule has 4 aromatic rings. The second-order valence-corrected chi connectivity index (χ2v) is 5.87. The van der Waals surface area contributed by atoms with Crippen molar-refractivity contribution in [2.45, 2.75) is 6.92 Å². The molecule has 4 rings (SSSR count). The Kier molecular flexibility index (Phi) is 3.96. The van der Waals surface area contributed by atoms with Crippen LogP contribution in [-0.4, -0.2) is 16.2 Å². The molecule has 0 radical (unpaired) electrons. The average molecular weight is 341 g/mol. The summed E-state index contributed by atoms with van der Waals surface area (Å²) in [6.07, 6.45) is 3.56. The van der Waals surface area contributed by atoms with Gasteiger partial charge in [-0.15, -0.1) is 0 Å². The van der Waals surface area contributed by atoms with Crippen molar-refractivity contribution in [3.63, 3.8) is 0 Å². The number of aromatic nitrogens is 2. The lowest BCUT2D eigenvalue weighted by atomic mass is 10.1. The van der Waals surface area contributed by atoms with Gasteiger partial charge in [-0.1, -0.05) is 23.8 Å². The molecule has 0 saturated carbocycles. The number of hydrazone groups is 1. The van der Waals surface area contributed by atoms with E-state index in [4.69, 9.17) is 4.42 Å². The highest BCUT2D eigenvalue weighted by Crippen LogP contribution is 2.25. The van der Waals surface area contributed by atoms with Crippen LogP contribution in [0.2, 0.25) is 0 Å². The first-order chi connectivity index (χ1) is 12.7. The summed E-state index contributed by atoms with van der Waals surface area (Å²) in [7, 11) is 0. The zero-order chi connectivity index (χ0) is 17.9. The summed E-state index contributed by atoms with van der Waals surface area (Å²) in [5.41, 5.74) is 6.88. The molecule has 0 spiro atoms. The molecule has 0 unspecified atom stereocenters. The van der Waals surface area contributed by atoms with Gasteiger partial charge in [-0.25, -0.2) is 5.43 Å². The fourth-order valence-corrected chi connectivity index (χ4v) is 2.61. The lowest BCUT2D eigenvalue weighted by Gasteiger charge is -1.97. The number of anilines is 1. The summed E-state index contributed by atoms with van der Waals surface area (Å²) < 4.78 is 5.66. The molecular weight excluding hydrogens is 326 g/mol. The van der Waals surface area contributed by atoms with Gasteiger partial charge in [0.2, 0.25) is 11.6 Å². The second kappa shape index (κ2) is 6.57. The molecule has 0 aliphatic carbocycles. The lowest BCUT2D eigenvalue weighted by Crippen LogP contribution is -1.91. The minimum absolute atomic E-state index is 0.166. The predicted octanol–water partition coefficient (Wildman–Crippen LogP) is 4.45. The first kappa shape index (κ1) is 15.7. The van der Waals surface area contributed by atoms with E-state index in [-0.39, 0.29) is 11.6 Å². The van der Waals surface area contributed by atoms with Crippen LogP contribution in [-0.2, 0) is 0 Å². The van der Waals surface area contributed by atoms with Crippen LogP contribution >= 0.6 is 0 Å². The van der Waals surface area contributed by atoms with Crippen molar-refractivity contribution in [2.75, 3.05) is 5.43 Å². The summed E-state index contributed by atoms with van der Waals surface area (Å²) in [6.45, 7) is 2.01. The molecule has 0 aliphatic rings. The normalized spacial score (nSPS) is 11.1. The number of hydrogen-bond acceptors (Lipinski definition) is 5. The van der Waals surface area contributed by atoms with E-state index >= 15 is 0 Å². The zero-order valence-electron chi connectivity index (χ0n) is 14.0. The average Bonchev–Trinajstić information content (AvgIpc) is 3.28. The highest BCUT2D eigenvalue weighted by atomic mass is 16.4. The van der Waals surface area contributed by atoms with Gasteiger partial charge in [-0.2, -0.15) is 15.3 Å². The van der Waals surface area contributed by atoms with E-state index in [9.17, 15) is 5.26 Å². The third kappa shape index (κ3) is 3.06. The SMILES string of the molecule is Cc1ccc(-c2nc(C#N)c(N/N=C/c3ccc4[nH]ccc4c3)o2)cc1. The summed E-state index contributed by atoms with van der Waals surface area (Å²) in [5.74, 6) is 0.607. The molecule has 2 N–H and O–H groups in total. The third-order valence-electron chi connectivity index (χ3n) is 3.99. The predicted molar refractivity (Wildman–Crippen MR) is 101 cm³/mol. The minimum atomic E-state index is 0.166. The number of oxazole rings is 1. The number of aromatic amines is 1. The molecule has 6 heteroatoms. The Bertz CT molecular complexity index is 1130. The molecule has 0 fully saturated rings. The number of benzene rings is 2. The Labute approximate surface area is 149 Å². The van der Waals surface area contributed by atoms with Crippen LogP contribution in [0.25, 0.3) is 22.4 Å². The van der Waals surface area contributed by atoms with Crippen molar-refractivity contribution in [3.05, 3.63) is 71.5 Å². The molecular formula is C20H15N5O. The van der Waals surface area contributed by atoms with Gasteiger partial charge in [-0.05, 0) is 48.2 Å². The first-order valence-corrected chi connectivity index (χ1v) is 8.07. The van der Waals surface area contributed by atoms with Crippen molar-refractivity contribution < 1.29 is 4.42 Å². The van der Waals surface area contributed by atoms with Crippen LogP contribution in [0, 0.1) is 18.3 Å². The molecule has 0 bridgehead atoms. The maximum atomic E-state index is 9.27. The maximum absolute atomic E-state index is 9.27. The molecule has 0 saturated heterocycles. The summed E-state index contributed by atoms with van der Waals surface area (Å²) in [6, 6.07) is 17.7. The fraction of sp³-hybridized carbons (Fsp3) is 0.0500. The van der Waals surface area contributed by atoms with E-state index in [1.54, 1.807) is 6.21 Å². The maximum Gasteiger partial charge on any atom is 0.252 e. The monoisotopic (exact) mass is 341 g/mol. The van der Waals surface area contributed by atoms with E-state index in [1.807, 2.05) is 67.7 Å². The Morgan fingerprint density at radius 2 is 2.04 bits per heavy atom. The minimum Gasteiger partial charge on any atom is -0.417 e. The molecule has 126 valence electrons. The molecule has 6 nitrogen and oxygen atoms in total. The number of hydrogen-bond donors (Lipinski definition) is 2. The van der Waals surface area contributed by atoms with E-state index < -0.39 is 0 Å². The van der Waals surface area contributed by atoms with E-state index in [0.29, 0.717) is 5.89 Å². The van der Waals surface area contributed by atoms with E-state index in [0.717, 1.165) is 27.6 Å². The summed E-state index contributed by atoms with van der Waals surface area (Å²) in [4.78, 5) is 7.37. The standard InChI is InChI=1S/C20H15N5O/c1-13-2-5-15(6-3-13)19-24-18(11-21)20(26-19)25-23-12-14-4-7-17-16(10-14)8-9-22-17/h2-10,12,22,25H,1H3/b23-12+. The van der Waals surface area contributed by atoms with E-state index in [1.165, 1.54) is 0 Å². The Morgan fingerprint density at radius 3 is 2.85 bits per heavy atom. The molecule has 0 atom stereocenters.